The lowest BCUT2D eigenvalue weighted by atomic mass is 10.0. The van der Waals surface area contributed by atoms with Gasteiger partial charge in [-0.2, -0.15) is 4.98 Å². The van der Waals surface area contributed by atoms with Crippen molar-refractivity contribution in [2.24, 2.45) is 0 Å². The molecule has 5 heterocycles. The van der Waals surface area contributed by atoms with Gasteiger partial charge >= 0.3 is 0 Å². The number of hydrogen-bond acceptors (Lipinski definition) is 7. The number of H-pyrrole nitrogens is 1. The minimum absolute atomic E-state index is 0.241. The monoisotopic (exact) mass is 487 g/mol. The van der Waals surface area contributed by atoms with Gasteiger partial charge in [-0.05, 0) is 34.5 Å². The molecular weight excluding hydrogens is 466 g/mol. The molecule has 5 atom stereocenters. The number of pyridine rings is 1. The van der Waals surface area contributed by atoms with Crippen molar-refractivity contribution in [1.82, 2.24) is 15.0 Å². The van der Waals surface area contributed by atoms with Crippen LogP contribution in [0.4, 0.5) is 0 Å². The lowest BCUT2D eigenvalue weighted by molar-refractivity contribution is 0.00706. The molecule has 2 fully saturated rings. The Balaban J connectivity index is 1.23. The Morgan fingerprint density at radius 2 is 1.91 bits per heavy atom. The van der Waals surface area contributed by atoms with Gasteiger partial charge in [0.2, 0.25) is 0 Å². The number of nitrogens with one attached hydrogen (secondary N) is 1. The first kappa shape index (κ1) is 21.4. The van der Waals surface area contributed by atoms with Gasteiger partial charge in [0.15, 0.2) is 11.8 Å². The summed E-state index contributed by atoms with van der Waals surface area (Å²) in [7, 11) is 0. The van der Waals surface area contributed by atoms with Crippen LogP contribution in [0.1, 0.15) is 12.0 Å². The van der Waals surface area contributed by atoms with Gasteiger partial charge in [-0.15, -0.1) is 0 Å². The molecule has 3 unspecified atom stereocenters. The highest BCUT2D eigenvalue weighted by atomic mass is 35.5. The van der Waals surface area contributed by atoms with E-state index in [2.05, 4.69) is 21.0 Å². The Hall–Kier alpha value is -2.14. The third kappa shape index (κ3) is 4.03. The summed E-state index contributed by atoms with van der Waals surface area (Å²) >= 11 is 5.81. The fourth-order valence-electron chi connectivity index (χ4n) is 4.55. The first-order chi connectivity index (χ1) is 16.0. The maximum absolute atomic E-state index is 11.6. The minimum atomic E-state index is -0.737. The van der Waals surface area contributed by atoms with Gasteiger partial charge in [-0.1, -0.05) is 35.9 Å². The van der Waals surface area contributed by atoms with E-state index in [0.29, 0.717) is 46.0 Å². The Labute approximate surface area is 198 Å². The van der Waals surface area contributed by atoms with E-state index >= 15 is 0 Å². The van der Waals surface area contributed by atoms with Crippen LogP contribution in [-0.4, -0.2) is 73.7 Å². The molecule has 8 nitrogen and oxygen atoms in total. The second-order valence-electron chi connectivity index (χ2n) is 8.42. The van der Waals surface area contributed by atoms with Crippen LogP contribution >= 0.6 is 11.6 Å². The van der Waals surface area contributed by atoms with Crippen molar-refractivity contribution >= 4 is 39.5 Å². The SMILES string of the molecule is [O-][S+]1CC=C(c2ccc(-c3nc4nc(OC5CO[C@@H]6C(O)CO[C@H]56)[nH]c4cc3Cl)cc2)CC1. The van der Waals surface area contributed by atoms with Crippen LogP contribution in [0, 0.1) is 0 Å². The average Bonchev–Trinajstić information content (AvgIpc) is 3.51. The van der Waals surface area contributed by atoms with Crippen LogP contribution < -0.4 is 4.74 Å². The average molecular weight is 488 g/mol. The third-order valence-corrected chi connectivity index (χ3v) is 7.78. The summed E-state index contributed by atoms with van der Waals surface area (Å²) in [5, 5.41) is 10.4. The molecule has 0 radical (unpaired) electrons. The summed E-state index contributed by atoms with van der Waals surface area (Å²) in [5.74, 6) is 1.33. The number of fused-ring (bicyclic) bond motifs is 2. The number of aromatic nitrogens is 3. The molecule has 2 saturated heterocycles. The van der Waals surface area contributed by atoms with Crippen molar-refractivity contribution in [3.63, 3.8) is 0 Å². The summed E-state index contributed by atoms with van der Waals surface area (Å²) in [5.41, 5.74) is 5.03. The third-order valence-electron chi connectivity index (χ3n) is 6.29. The molecule has 33 heavy (non-hydrogen) atoms. The number of aromatic amines is 1. The molecule has 1 aromatic carbocycles. The molecule has 0 amide bonds. The van der Waals surface area contributed by atoms with Crippen LogP contribution in [-0.2, 0) is 20.6 Å². The van der Waals surface area contributed by atoms with Crippen molar-refractivity contribution in [3.8, 4) is 17.3 Å². The molecule has 2 aromatic heterocycles. The van der Waals surface area contributed by atoms with E-state index in [-0.39, 0.29) is 24.9 Å². The standard InChI is InChI=1S/C23H22ClN3O5S/c24-15-9-16-22(27-23(25-16)32-18-11-31-20-17(28)10-30-21(18)20)26-19(15)14-3-1-12(2-4-14)13-5-7-33(29)8-6-13/h1-5,9,17-18,20-21,28H,6-8,10-11H2,(H,25,26,27)/t17?,18?,20-,21-,33?/m1/s1. The normalized spacial score (nSPS) is 29.3. The molecule has 3 aliphatic rings. The fourth-order valence-corrected chi connectivity index (χ4v) is 5.81. The molecular formula is C23H22ClN3O5S. The zero-order chi connectivity index (χ0) is 22.5. The lowest BCUT2D eigenvalue weighted by Gasteiger charge is -2.17. The van der Waals surface area contributed by atoms with Gasteiger partial charge in [0, 0.05) is 12.0 Å². The number of benzene rings is 1. The van der Waals surface area contributed by atoms with Gasteiger partial charge in [0.25, 0.3) is 6.01 Å². The summed E-state index contributed by atoms with van der Waals surface area (Å²) in [6.07, 6.45) is 1.20. The van der Waals surface area contributed by atoms with Crippen LogP contribution in [0.25, 0.3) is 28.0 Å². The Bertz CT molecular complexity index is 1220. The number of nitrogens with zero attached hydrogens (tertiary/aromatic N) is 2. The van der Waals surface area contributed by atoms with Gasteiger partial charge in [-0.25, -0.2) is 4.98 Å². The van der Waals surface area contributed by atoms with Gasteiger partial charge in [0.1, 0.15) is 29.8 Å². The molecule has 0 bridgehead atoms. The quantitative estimate of drug-likeness (QED) is 0.544. The number of aliphatic hydroxyl groups excluding tert-OH is 1. The molecule has 2 N–H and O–H groups in total. The molecule has 0 spiro atoms. The van der Waals surface area contributed by atoms with Crippen LogP contribution in [0.15, 0.2) is 36.4 Å². The summed E-state index contributed by atoms with van der Waals surface area (Å²) in [6, 6.07) is 10.2. The van der Waals surface area contributed by atoms with E-state index in [1.807, 2.05) is 24.3 Å². The number of hydrogen-bond donors (Lipinski definition) is 2. The first-order valence-corrected chi connectivity index (χ1v) is 12.7. The maximum atomic E-state index is 11.6. The largest absolute Gasteiger partial charge is 0.616 e. The number of imidazole rings is 1. The van der Waals surface area contributed by atoms with Crippen LogP contribution in [0.2, 0.25) is 5.02 Å². The molecule has 172 valence electrons. The fraction of sp³-hybridized carbons (Fsp3) is 0.391. The van der Waals surface area contributed by atoms with E-state index < -0.39 is 17.3 Å². The second-order valence-corrected chi connectivity index (χ2v) is 10.4. The topological polar surface area (TPSA) is 113 Å². The summed E-state index contributed by atoms with van der Waals surface area (Å²) in [4.78, 5) is 12.2. The van der Waals surface area contributed by atoms with E-state index in [9.17, 15) is 9.66 Å². The van der Waals surface area contributed by atoms with Crippen molar-refractivity contribution in [2.75, 3.05) is 24.7 Å². The summed E-state index contributed by atoms with van der Waals surface area (Å²) < 4.78 is 28.8. The van der Waals surface area contributed by atoms with E-state index in [1.54, 1.807) is 6.07 Å². The number of ether oxygens (including phenoxy) is 3. The molecule has 6 rings (SSSR count). The molecule has 3 aromatic rings. The molecule has 3 aliphatic heterocycles. The van der Waals surface area contributed by atoms with Gasteiger partial charge < -0.3 is 28.9 Å². The smallest absolute Gasteiger partial charge is 0.296 e. The number of allylic oxidation sites excluding steroid dienone is 1. The van der Waals surface area contributed by atoms with Crippen LogP contribution in [0.3, 0.4) is 0 Å². The maximum Gasteiger partial charge on any atom is 0.296 e. The highest BCUT2D eigenvalue weighted by Crippen LogP contribution is 2.33. The van der Waals surface area contributed by atoms with Crippen molar-refractivity contribution in [1.29, 1.82) is 0 Å². The number of rotatable bonds is 4. The highest BCUT2D eigenvalue weighted by molar-refractivity contribution is 7.91. The van der Waals surface area contributed by atoms with Crippen molar-refractivity contribution in [3.05, 3.63) is 47.0 Å². The van der Waals surface area contributed by atoms with Crippen molar-refractivity contribution < 1.29 is 23.9 Å². The van der Waals surface area contributed by atoms with Crippen LogP contribution in [0.5, 0.6) is 6.01 Å². The predicted octanol–water partition coefficient (Wildman–Crippen LogP) is 2.72. The first-order valence-electron chi connectivity index (χ1n) is 10.8. The zero-order valence-electron chi connectivity index (χ0n) is 17.6. The number of halogens is 1. The Morgan fingerprint density at radius 1 is 1.12 bits per heavy atom. The van der Waals surface area contributed by atoms with Gasteiger partial charge in [-0.3, -0.25) is 0 Å². The Kier molecular flexibility index (Phi) is 5.56. The molecule has 0 saturated carbocycles. The van der Waals surface area contributed by atoms with E-state index in [0.717, 1.165) is 17.5 Å². The summed E-state index contributed by atoms with van der Waals surface area (Å²) in [6.45, 7) is 0.562. The minimum Gasteiger partial charge on any atom is -0.616 e. The highest BCUT2D eigenvalue weighted by Gasteiger charge is 2.48. The molecule has 10 heteroatoms. The molecule has 0 aliphatic carbocycles. The predicted molar refractivity (Wildman–Crippen MR) is 125 cm³/mol. The van der Waals surface area contributed by atoms with E-state index in [4.69, 9.17) is 25.8 Å². The number of aliphatic hydroxyl groups is 1. The van der Waals surface area contributed by atoms with E-state index in [1.165, 1.54) is 5.57 Å². The van der Waals surface area contributed by atoms with Gasteiger partial charge in [0.05, 0.1) is 29.4 Å². The Morgan fingerprint density at radius 3 is 2.70 bits per heavy atom. The second kappa shape index (κ2) is 8.57. The zero-order valence-corrected chi connectivity index (χ0v) is 19.1. The lowest BCUT2D eigenvalue weighted by Crippen LogP contribution is -2.34. The van der Waals surface area contributed by atoms with Crippen molar-refractivity contribution in [2.45, 2.75) is 30.8 Å².